The average Bonchev–Trinajstić information content (AvgIpc) is 2.82. The van der Waals surface area contributed by atoms with Crippen molar-refractivity contribution in [3.05, 3.63) is 90.0 Å². The molecule has 3 aromatic carbocycles. The number of benzene rings is 3. The van der Waals surface area contributed by atoms with E-state index in [0.717, 1.165) is 16.9 Å². The van der Waals surface area contributed by atoms with Gasteiger partial charge in [-0.3, -0.25) is 4.79 Å². The Labute approximate surface area is 188 Å². The van der Waals surface area contributed by atoms with Crippen LogP contribution in [0.4, 0.5) is 0 Å². The predicted octanol–water partition coefficient (Wildman–Crippen LogP) is 3.21. The molecule has 0 aliphatic heterocycles. The lowest BCUT2D eigenvalue weighted by Gasteiger charge is -2.17. The minimum absolute atomic E-state index is 0.159. The number of rotatable bonds is 10. The highest BCUT2D eigenvalue weighted by Crippen LogP contribution is 2.20. The molecule has 0 bridgehead atoms. The number of ether oxygens (including phenoxy) is 2. The highest BCUT2D eigenvalue weighted by Gasteiger charge is 2.21. The number of carbonyl (C=O) groups excluding carboxylic acids is 1. The smallest absolute Gasteiger partial charge is 0.258 e. The zero-order valence-electron chi connectivity index (χ0n) is 18.0. The number of amides is 1. The van der Waals surface area contributed by atoms with Gasteiger partial charge >= 0.3 is 0 Å². The maximum absolute atomic E-state index is 12.8. The lowest BCUT2D eigenvalue weighted by molar-refractivity contribution is -0.123. The highest BCUT2D eigenvalue weighted by atomic mass is 32.2. The van der Waals surface area contributed by atoms with E-state index in [2.05, 4.69) is 5.32 Å². The van der Waals surface area contributed by atoms with Crippen molar-refractivity contribution in [2.75, 3.05) is 20.8 Å². The number of carbonyl (C=O) groups is 1. The molecule has 168 valence electrons. The fourth-order valence-corrected chi connectivity index (χ4v) is 4.12. The van der Waals surface area contributed by atoms with Crippen LogP contribution in [0.25, 0.3) is 0 Å². The molecule has 0 radical (unpaired) electrons. The summed E-state index contributed by atoms with van der Waals surface area (Å²) >= 11 is 0. The maximum atomic E-state index is 12.8. The van der Waals surface area contributed by atoms with Crippen LogP contribution in [0.2, 0.25) is 0 Å². The van der Waals surface area contributed by atoms with Crippen molar-refractivity contribution in [2.24, 2.45) is 0 Å². The van der Waals surface area contributed by atoms with Gasteiger partial charge in [0.2, 0.25) is 10.0 Å². The fourth-order valence-electron chi connectivity index (χ4n) is 2.96. The van der Waals surface area contributed by atoms with Gasteiger partial charge in [-0.05, 0) is 47.5 Å². The summed E-state index contributed by atoms with van der Waals surface area (Å²) < 4.78 is 37.5. The van der Waals surface area contributed by atoms with Crippen LogP contribution in [-0.4, -0.2) is 39.4 Å². The van der Waals surface area contributed by atoms with E-state index in [0.29, 0.717) is 12.3 Å². The first-order chi connectivity index (χ1) is 15.4. The molecule has 1 amide bonds. The molecule has 3 aromatic rings. The summed E-state index contributed by atoms with van der Waals surface area (Å²) in [5, 5.41) is 2.77. The Bertz CT molecular complexity index is 1120. The van der Waals surface area contributed by atoms with Crippen molar-refractivity contribution in [1.82, 2.24) is 9.62 Å². The van der Waals surface area contributed by atoms with E-state index in [1.807, 2.05) is 54.6 Å². The number of hydrogen-bond donors (Lipinski definition) is 1. The van der Waals surface area contributed by atoms with Crippen molar-refractivity contribution < 1.29 is 22.7 Å². The topological polar surface area (TPSA) is 84.9 Å². The number of nitrogens with zero attached hydrogens (tertiary/aromatic N) is 1. The third-order valence-corrected chi connectivity index (χ3v) is 6.62. The summed E-state index contributed by atoms with van der Waals surface area (Å²) in [6.07, 6.45) is 0. The minimum atomic E-state index is -3.64. The molecule has 8 heteroatoms. The second kappa shape index (κ2) is 10.8. The Kier molecular flexibility index (Phi) is 7.86. The van der Waals surface area contributed by atoms with Crippen LogP contribution >= 0.6 is 0 Å². The van der Waals surface area contributed by atoms with E-state index in [9.17, 15) is 13.2 Å². The summed E-state index contributed by atoms with van der Waals surface area (Å²) in [6.45, 7) is 0.475. The Morgan fingerprint density at radius 3 is 2.12 bits per heavy atom. The quantitative estimate of drug-likeness (QED) is 0.509. The van der Waals surface area contributed by atoms with E-state index in [1.54, 1.807) is 26.3 Å². The van der Waals surface area contributed by atoms with Gasteiger partial charge in [-0.2, -0.15) is 4.31 Å². The zero-order chi connectivity index (χ0) is 23.0. The van der Waals surface area contributed by atoms with Gasteiger partial charge in [0.25, 0.3) is 5.91 Å². The van der Waals surface area contributed by atoms with E-state index in [1.165, 1.54) is 16.4 Å². The second-order valence-electron chi connectivity index (χ2n) is 7.13. The van der Waals surface area contributed by atoms with Gasteiger partial charge in [-0.15, -0.1) is 0 Å². The van der Waals surface area contributed by atoms with E-state index in [4.69, 9.17) is 9.47 Å². The lowest BCUT2D eigenvalue weighted by atomic mass is 10.2. The zero-order valence-corrected chi connectivity index (χ0v) is 18.8. The largest absolute Gasteiger partial charge is 0.497 e. The Balaban J connectivity index is 1.50. The van der Waals surface area contributed by atoms with Crippen LogP contribution in [0.15, 0.2) is 83.8 Å². The van der Waals surface area contributed by atoms with E-state index < -0.39 is 10.0 Å². The minimum Gasteiger partial charge on any atom is -0.497 e. The molecule has 0 atom stereocenters. The Morgan fingerprint density at radius 1 is 0.875 bits per heavy atom. The molecule has 0 heterocycles. The van der Waals surface area contributed by atoms with Gasteiger partial charge in [0, 0.05) is 20.1 Å². The number of sulfonamides is 1. The van der Waals surface area contributed by atoms with Gasteiger partial charge in [0.05, 0.1) is 12.0 Å². The van der Waals surface area contributed by atoms with Crippen molar-refractivity contribution in [2.45, 2.75) is 18.0 Å². The lowest BCUT2D eigenvalue weighted by Crippen LogP contribution is -2.28. The molecule has 0 saturated heterocycles. The molecule has 0 aliphatic carbocycles. The Morgan fingerprint density at radius 2 is 1.50 bits per heavy atom. The van der Waals surface area contributed by atoms with Crippen LogP contribution < -0.4 is 14.8 Å². The molecule has 0 aliphatic rings. The standard InChI is InChI=1S/C24H26N2O5S/c1-26(17-20-6-4-3-5-7-20)32(28,29)23-14-12-22(13-15-23)31-18-24(27)25-16-19-8-10-21(30-2)11-9-19/h3-15H,16-18H2,1-2H3,(H,25,27). The highest BCUT2D eigenvalue weighted by molar-refractivity contribution is 7.89. The van der Waals surface area contributed by atoms with Crippen LogP contribution in [0.5, 0.6) is 11.5 Å². The third-order valence-electron chi connectivity index (χ3n) is 4.80. The van der Waals surface area contributed by atoms with Crippen molar-refractivity contribution >= 4 is 15.9 Å². The maximum Gasteiger partial charge on any atom is 0.258 e. The van der Waals surface area contributed by atoms with Gasteiger partial charge in [0.15, 0.2) is 6.61 Å². The van der Waals surface area contributed by atoms with Gasteiger partial charge in [-0.1, -0.05) is 42.5 Å². The summed E-state index contributed by atoms with van der Waals surface area (Å²) in [7, 11) is -0.502. The molecule has 1 N–H and O–H groups in total. The normalized spacial score (nSPS) is 11.2. The number of nitrogens with one attached hydrogen (secondary N) is 1. The number of hydrogen-bond acceptors (Lipinski definition) is 5. The Hall–Kier alpha value is -3.36. The monoisotopic (exact) mass is 454 g/mol. The van der Waals surface area contributed by atoms with Gasteiger partial charge < -0.3 is 14.8 Å². The van der Waals surface area contributed by atoms with Crippen molar-refractivity contribution in [1.29, 1.82) is 0 Å². The van der Waals surface area contributed by atoms with Gasteiger partial charge in [0.1, 0.15) is 11.5 Å². The molecule has 3 rings (SSSR count). The predicted molar refractivity (Wildman–Crippen MR) is 122 cm³/mol. The molecule has 0 fully saturated rings. The summed E-state index contributed by atoms with van der Waals surface area (Å²) in [4.78, 5) is 12.2. The van der Waals surface area contributed by atoms with Crippen LogP contribution in [0, 0.1) is 0 Å². The molecular formula is C24H26N2O5S. The van der Waals surface area contributed by atoms with Crippen LogP contribution in [0.3, 0.4) is 0 Å². The van der Waals surface area contributed by atoms with Crippen molar-refractivity contribution in [3.8, 4) is 11.5 Å². The first-order valence-corrected chi connectivity index (χ1v) is 11.5. The first kappa shape index (κ1) is 23.3. The molecular weight excluding hydrogens is 428 g/mol. The van der Waals surface area contributed by atoms with Crippen LogP contribution in [-0.2, 0) is 27.9 Å². The number of methoxy groups -OCH3 is 1. The van der Waals surface area contributed by atoms with Crippen molar-refractivity contribution in [3.63, 3.8) is 0 Å². The van der Waals surface area contributed by atoms with Crippen LogP contribution in [0.1, 0.15) is 11.1 Å². The SMILES string of the molecule is COc1ccc(CNC(=O)COc2ccc(S(=O)(=O)N(C)Cc3ccccc3)cc2)cc1. The molecule has 0 saturated carbocycles. The summed E-state index contributed by atoms with van der Waals surface area (Å²) in [5.41, 5.74) is 1.84. The first-order valence-electron chi connectivity index (χ1n) is 10.0. The summed E-state index contributed by atoms with van der Waals surface area (Å²) in [6, 6.07) is 22.8. The summed E-state index contributed by atoms with van der Waals surface area (Å²) in [5.74, 6) is 0.884. The molecule has 0 spiro atoms. The molecule has 0 unspecified atom stereocenters. The molecule has 0 aromatic heterocycles. The molecule has 32 heavy (non-hydrogen) atoms. The average molecular weight is 455 g/mol. The molecule has 7 nitrogen and oxygen atoms in total. The second-order valence-corrected chi connectivity index (χ2v) is 9.18. The fraction of sp³-hybridized carbons (Fsp3) is 0.208. The van der Waals surface area contributed by atoms with Gasteiger partial charge in [-0.25, -0.2) is 8.42 Å². The van der Waals surface area contributed by atoms with E-state index >= 15 is 0 Å². The van der Waals surface area contributed by atoms with E-state index in [-0.39, 0.29) is 24.0 Å². The third kappa shape index (κ3) is 6.32.